The van der Waals surface area contributed by atoms with Gasteiger partial charge >= 0.3 is 0 Å². The molecule has 0 atom stereocenters. The van der Waals surface area contributed by atoms with E-state index in [9.17, 15) is 0 Å². The van der Waals surface area contributed by atoms with Gasteiger partial charge in [-0.2, -0.15) is 11.8 Å². The van der Waals surface area contributed by atoms with Crippen molar-refractivity contribution in [1.82, 2.24) is 14.6 Å². The van der Waals surface area contributed by atoms with Gasteiger partial charge in [0.25, 0.3) is 0 Å². The van der Waals surface area contributed by atoms with E-state index in [0.29, 0.717) is 5.92 Å². The maximum Gasteiger partial charge on any atom is 0.160 e. The average Bonchev–Trinajstić information content (AvgIpc) is 2.74. The van der Waals surface area contributed by atoms with Crippen LogP contribution in [0.25, 0.3) is 5.65 Å². The molecule has 1 aliphatic rings. The Morgan fingerprint density at radius 2 is 2.07 bits per heavy atom. The fourth-order valence-electron chi connectivity index (χ4n) is 2.09. The minimum absolute atomic E-state index is 0.601. The third-order valence-electron chi connectivity index (χ3n) is 2.93. The molecule has 3 rings (SSSR count). The molecule has 2 aromatic rings. The molecule has 0 N–H and O–H groups in total. The molecule has 0 bridgehead atoms. The van der Waals surface area contributed by atoms with Crippen molar-refractivity contribution in [3.05, 3.63) is 30.2 Å². The van der Waals surface area contributed by atoms with Crippen molar-refractivity contribution in [2.24, 2.45) is 0 Å². The second kappa shape index (κ2) is 3.85. The highest BCUT2D eigenvalue weighted by molar-refractivity contribution is 7.99. The second-order valence-electron chi connectivity index (χ2n) is 3.87. The van der Waals surface area contributed by atoms with Gasteiger partial charge in [-0.1, -0.05) is 6.07 Å². The normalized spacial score (nSPS) is 18.4. The Labute approximate surface area is 92.9 Å². The number of hydrogen-bond donors (Lipinski definition) is 0. The lowest BCUT2D eigenvalue weighted by molar-refractivity contribution is 0.592. The van der Waals surface area contributed by atoms with Gasteiger partial charge < -0.3 is 0 Å². The Morgan fingerprint density at radius 3 is 2.93 bits per heavy atom. The molecule has 0 spiro atoms. The van der Waals surface area contributed by atoms with Crippen LogP contribution in [0.1, 0.15) is 24.6 Å². The molecule has 15 heavy (non-hydrogen) atoms. The molecule has 1 fully saturated rings. The van der Waals surface area contributed by atoms with Gasteiger partial charge in [-0.25, -0.2) is 0 Å². The first-order valence-electron chi connectivity index (χ1n) is 5.32. The predicted molar refractivity (Wildman–Crippen MR) is 62.3 cm³/mol. The van der Waals surface area contributed by atoms with Crippen LogP contribution in [0.2, 0.25) is 0 Å². The molecule has 4 heteroatoms. The zero-order chi connectivity index (χ0) is 10.1. The Hall–Kier alpha value is -1.03. The Kier molecular flexibility index (Phi) is 2.37. The van der Waals surface area contributed by atoms with Crippen LogP contribution in [-0.4, -0.2) is 26.1 Å². The third kappa shape index (κ3) is 1.63. The van der Waals surface area contributed by atoms with Crippen molar-refractivity contribution < 1.29 is 0 Å². The van der Waals surface area contributed by atoms with Gasteiger partial charge in [-0.05, 0) is 36.5 Å². The van der Waals surface area contributed by atoms with Crippen molar-refractivity contribution in [3.8, 4) is 0 Å². The van der Waals surface area contributed by atoms with E-state index < -0.39 is 0 Å². The first-order valence-corrected chi connectivity index (χ1v) is 6.48. The van der Waals surface area contributed by atoms with E-state index in [0.717, 1.165) is 11.5 Å². The van der Waals surface area contributed by atoms with Crippen molar-refractivity contribution in [1.29, 1.82) is 0 Å². The van der Waals surface area contributed by atoms with Gasteiger partial charge in [0.2, 0.25) is 0 Å². The van der Waals surface area contributed by atoms with E-state index in [4.69, 9.17) is 0 Å². The number of aromatic nitrogens is 3. The minimum Gasteiger partial charge on any atom is -0.286 e. The summed E-state index contributed by atoms with van der Waals surface area (Å²) in [5.41, 5.74) is 0.964. The zero-order valence-corrected chi connectivity index (χ0v) is 9.28. The molecule has 0 unspecified atom stereocenters. The zero-order valence-electron chi connectivity index (χ0n) is 8.47. The van der Waals surface area contributed by atoms with Gasteiger partial charge in [0.15, 0.2) is 5.65 Å². The molecule has 3 heterocycles. The summed E-state index contributed by atoms with van der Waals surface area (Å²) in [5.74, 6) is 4.26. The summed E-state index contributed by atoms with van der Waals surface area (Å²) in [6, 6.07) is 6.05. The number of nitrogens with zero attached hydrogens (tertiary/aromatic N) is 3. The molecule has 0 aliphatic carbocycles. The molecule has 0 amide bonds. The van der Waals surface area contributed by atoms with E-state index in [2.05, 4.69) is 20.8 Å². The summed E-state index contributed by atoms with van der Waals surface area (Å²) in [6.07, 6.45) is 4.53. The van der Waals surface area contributed by atoms with Crippen LogP contribution in [0.3, 0.4) is 0 Å². The fourth-order valence-corrected chi connectivity index (χ4v) is 3.20. The first kappa shape index (κ1) is 9.21. The highest BCUT2D eigenvalue weighted by atomic mass is 32.2. The molecule has 3 nitrogen and oxygen atoms in total. The minimum atomic E-state index is 0.601. The van der Waals surface area contributed by atoms with Crippen LogP contribution >= 0.6 is 11.8 Å². The molecular weight excluding hydrogens is 206 g/mol. The van der Waals surface area contributed by atoms with Crippen LogP contribution in [0.5, 0.6) is 0 Å². The summed E-state index contributed by atoms with van der Waals surface area (Å²) in [7, 11) is 0. The van der Waals surface area contributed by atoms with Crippen LogP contribution in [-0.2, 0) is 0 Å². The lowest BCUT2D eigenvalue weighted by Crippen LogP contribution is -2.11. The van der Waals surface area contributed by atoms with Crippen LogP contribution in [0, 0.1) is 0 Å². The highest BCUT2D eigenvalue weighted by Crippen LogP contribution is 2.30. The van der Waals surface area contributed by atoms with E-state index in [1.54, 1.807) is 0 Å². The third-order valence-corrected chi connectivity index (χ3v) is 3.98. The van der Waals surface area contributed by atoms with E-state index in [1.807, 2.05) is 30.0 Å². The number of hydrogen-bond acceptors (Lipinski definition) is 3. The number of rotatable bonds is 1. The largest absolute Gasteiger partial charge is 0.286 e. The Bertz CT molecular complexity index is 460. The Balaban J connectivity index is 2.02. The van der Waals surface area contributed by atoms with Gasteiger partial charge in [0.05, 0.1) is 0 Å². The summed E-state index contributed by atoms with van der Waals surface area (Å²) >= 11 is 2.04. The molecule has 0 aromatic carbocycles. The van der Waals surface area contributed by atoms with E-state index in [-0.39, 0.29) is 0 Å². The molecule has 0 radical (unpaired) electrons. The second-order valence-corrected chi connectivity index (χ2v) is 5.10. The molecule has 2 aromatic heterocycles. The quantitative estimate of drug-likeness (QED) is 0.737. The number of thioether (sulfide) groups is 1. The van der Waals surface area contributed by atoms with Gasteiger partial charge in [0.1, 0.15) is 5.82 Å². The molecule has 0 saturated carbocycles. The van der Waals surface area contributed by atoms with Crippen molar-refractivity contribution >= 4 is 17.4 Å². The van der Waals surface area contributed by atoms with Gasteiger partial charge in [0, 0.05) is 12.1 Å². The van der Waals surface area contributed by atoms with Gasteiger partial charge in [-0.3, -0.25) is 4.40 Å². The maximum atomic E-state index is 4.32. The Morgan fingerprint density at radius 1 is 1.20 bits per heavy atom. The SMILES string of the molecule is c1ccn2c(C3CCSCC3)nnc2c1. The van der Waals surface area contributed by atoms with Crippen molar-refractivity contribution in [2.45, 2.75) is 18.8 Å². The highest BCUT2D eigenvalue weighted by Gasteiger charge is 2.20. The fraction of sp³-hybridized carbons (Fsp3) is 0.455. The maximum absolute atomic E-state index is 4.32. The van der Waals surface area contributed by atoms with Crippen LogP contribution in [0.15, 0.2) is 24.4 Å². The smallest absolute Gasteiger partial charge is 0.160 e. The first-order chi connectivity index (χ1) is 7.45. The summed E-state index contributed by atoms with van der Waals surface area (Å²) in [4.78, 5) is 0. The molecule has 78 valence electrons. The van der Waals surface area contributed by atoms with Crippen molar-refractivity contribution in [3.63, 3.8) is 0 Å². The predicted octanol–water partition coefficient (Wildman–Crippen LogP) is 2.34. The number of fused-ring (bicyclic) bond motifs is 1. The van der Waals surface area contributed by atoms with E-state index >= 15 is 0 Å². The van der Waals surface area contributed by atoms with E-state index in [1.165, 1.54) is 24.3 Å². The topological polar surface area (TPSA) is 30.2 Å². The van der Waals surface area contributed by atoms with Gasteiger partial charge in [-0.15, -0.1) is 10.2 Å². The summed E-state index contributed by atoms with van der Waals surface area (Å²) in [5, 5.41) is 8.52. The standard InChI is InChI=1S/C11H13N3S/c1-2-6-14-10(3-1)12-13-11(14)9-4-7-15-8-5-9/h1-3,6,9H,4-5,7-8H2. The molecule has 1 saturated heterocycles. The average molecular weight is 219 g/mol. The monoisotopic (exact) mass is 219 g/mol. The number of pyridine rings is 1. The lowest BCUT2D eigenvalue weighted by Gasteiger charge is -2.19. The molecular formula is C11H13N3S. The molecule has 1 aliphatic heterocycles. The van der Waals surface area contributed by atoms with Crippen LogP contribution < -0.4 is 0 Å². The summed E-state index contributed by atoms with van der Waals surface area (Å²) in [6.45, 7) is 0. The van der Waals surface area contributed by atoms with Crippen LogP contribution in [0.4, 0.5) is 0 Å². The lowest BCUT2D eigenvalue weighted by atomic mass is 10.0. The van der Waals surface area contributed by atoms with Crippen molar-refractivity contribution in [2.75, 3.05) is 11.5 Å². The summed E-state index contributed by atoms with van der Waals surface area (Å²) < 4.78 is 2.13.